The molecule has 0 bridgehead atoms. The fourth-order valence-electron chi connectivity index (χ4n) is 3.90. The molecule has 34 heavy (non-hydrogen) atoms. The Hall–Kier alpha value is -3.76. The van der Waals surface area contributed by atoms with Crippen molar-refractivity contribution in [2.45, 2.75) is 24.9 Å². The number of hydrogen-bond donors (Lipinski definition) is 4. The fraction of sp³-hybridized carbons (Fsp3) is 0.250. The van der Waals surface area contributed by atoms with Crippen LogP contribution in [0.4, 0.5) is 9.93 Å². The molecule has 1 aliphatic rings. The van der Waals surface area contributed by atoms with E-state index < -0.39 is 30.0 Å². The zero-order chi connectivity index (χ0) is 24.3. The maximum atomic E-state index is 12.4. The van der Waals surface area contributed by atoms with Crippen LogP contribution in [0.1, 0.15) is 40.1 Å². The third-order valence-electron chi connectivity index (χ3n) is 5.44. The van der Waals surface area contributed by atoms with Crippen molar-refractivity contribution < 1.29 is 29.3 Å². The Balaban J connectivity index is 1.33. The number of aliphatic carboxylic acids is 1. The molecule has 0 saturated carbocycles. The summed E-state index contributed by atoms with van der Waals surface area (Å²) < 4.78 is 5.47. The number of carboxylic acid groups (broad SMARTS) is 1. The fourth-order valence-corrected chi connectivity index (χ4v) is 4.62. The van der Waals surface area contributed by atoms with E-state index >= 15 is 0 Å². The average molecular weight is 482 g/mol. The molecule has 4 N–H and O–H groups in total. The van der Waals surface area contributed by atoms with Crippen LogP contribution >= 0.6 is 11.3 Å². The predicted molar refractivity (Wildman–Crippen MR) is 126 cm³/mol. The van der Waals surface area contributed by atoms with Crippen molar-refractivity contribution in [2.75, 3.05) is 18.5 Å². The number of aromatic nitrogens is 1. The van der Waals surface area contributed by atoms with Crippen LogP contribution in [0.5, 0.6) is 0 Å². The first-order valence-corrected chi connectivity index (χ1v) is 11.4. The average Bonchev–Trinajstić information content (AvgIpc) is 3.38. The van der Waals surface area contributed by atoms with Crippen LogP contribution in [-0.4, -0.2) is 51.9 Å². The number of rotatable bonds is 8. The Labute approximate surface area is 199 Å². The topological polar surface area (TPSA) is 138 Å². The van der Waals surface area contributed by atoms with Crippen LogP contribution in [0.25, 0.3) is 11.1 Å². The minimum absolute atomic E-state index is 0.0746. The molecular weight excluding hydrogens is 458 g/mol. The van der Waals surface area contributed by atoms with Gasteiger partial charge in [-0.15, -0.1) is 0 Å². The zero-order valence-corrected chi connectivity index (χ0v) is 19.1. The maximum Gasteiger partial charge on any atom is 0.413 e. The van der Waals surface area contributed by atoms with E-state index in [2.05, 4.69) is 27.8 Å². The van der Waals surface area contributed by atoms with Gasteiger partial charge in [0, 0.05) is 12.5 Å². The van der Waals surface area contributed by atoms with Crippen LogP contribution in [0, 0.1) is 0 Å². The zero-order valence-electron chi connectivity index (χ0n) is 18.3. The largest absolute Gasteiger partial charge is 0.481 e. The number of nitrogens with one attached hydrogen (secondary N) is 2. The van der Waals surface area contributed by atoms with Gasteiger partial charge >= 0.3 is 12.1 Å². The van der Waals surface area contributed by atoms with Gasteiger partial charge in [-0.2, -0.15) is 0 Å². The van der Waals surface area contributed by atoms with E-state index in [-0.39, 0.29) is 29.1 Å². The van der Waals surface area contributed by atoms with E-state index in [0.29, 0.717) is 0 Å². The number of amides is 2. The molecule has 1 aromatic heterocycles. The highest BCUT2D eigenvalue weighted by molar-refractivity contribution is 7.17. The van der Waals surface area contributed by atoms with Gasteiger partial charge in [0.25, 0.3) is 5.91 Å². The van der Waals surface area contributed by atoms with Crippen LogP contribution < -0.4 is 10.6 Å². The summed E-state index contributed by atoms with van der Waals surface area (Å²) >= 11 is 0.936. The number of hydrogen-bond acceptors (Lipinski definition) is 7. The number of aliphatic hydroxyl groups is 1. The lowest BCUT2D eigenvalue weighted by molar-refractivity contribution is -0.141. The van der Waals surface area contributed by atoms with Crippen molar-refractivity contribution in [3.8, 4) is 11.1 Å². The molecule has 1 unspecified atom stereocenters. The number of thiazole rings is 1. The minimum atomic E-state index is -1.59. The summed E-state index contributed by atoms with van der Waals surface area (Å²) in [5, 5.41) is 24.0. The number of benzene rings is 2. The SMILES string of the molecule is CC(O)(CNC(=O)c1cnc(NC(=O)OCC2c3ccccc3-c3ccccc32)s1)CC(=O)O. The molecule has 0 saturated heterocycles. The number of anilines is 1. The van der Waals surface area contributed by atoms with Gasteiger partial charge in [-0.05, 0) is 29.2 Å². The van der Waals surface area contributed by atoms with E-state index in [9.17, 15) is 19.5 Å². The van der Waals surface area contributed by atoms with Crippen molar-refractivity contribution in [3.63, 3.8) is 0 Å². The highest BCUT2D eigenvalue weighted by Crippen LogP contribution is 2.44. The Morgan fingerprint density at radius 3 is 2.32 bits per heavy atom. The summed E-state index contributed by atoms with van der Waals surface area (Å²) in [7, 11) is 0. The highest BCUT2D eigenvalue weighted by atomic mass is 32.1. The Morgan fingerprint density at radius 2 is 1.71 bits per heavy atom. The number of ether oxygens (including phenoxy) is 1. The number of fused-ring (bicyclic) bond motifs is 3. The van der Waals surface area contributed by atoms with Gasteiger partial charge in [-0.3, -0.25) is 14.9 Å². The van der Waals surface area contributed by atoms with E-state index in [1.165, 1.54) is 13.1 Å². The molecule has 1 atom stereocenters. The Morgan fingerprint density at radius 1 is 1.09 bits per heavy atom. The second kappa shape index (κ2) is 9.62. The number of carboxylic acids is 1. The summed E-state index contributed by atoms with van der Waals surface area (Å²) in [6.45, 7) is 1.22. The lowest BCUT2D eigenvalue weighted by Gasteiger charge is -2.21. The van der Waals surface area contributed by atoms with E-state index in [1.807, 2.05) is 36.4 Å². The maximum absolute atomic E-state index is 12.4. The molecule has 1 heterocycles. The van der Waals surface area contributed by atoms with E-state index in [1.54, 1.807) is 0 Å². The van der Waals surface area contributed by atoms with Crippen molar-refractivity contribution >= 4 is 34.4 Å². The number of nitrogens with zero attached hydrogens (tertiary/aromatic N) is 1. The van der Waals surface area contributed by atoms with Gasteiger partial charge in [0.05, 0.1) is 18.2 Å². The van der Waals surface area contributed by atoms with Crippen molar-refractivity contribution in [3.05, 3.63) is 70.7 Å². The molecule has 0 radical (unpaired) electrons. The lowest BCUT2D eigenvalue weighted by atomic mass is 9.98. The first-order chi connectivity index (χ1) is 16.2. The predicted octanol–water partition coefficient (Wildman–Crippen LogP) is 3.46. The quantitative estimate of drug-likeness (QED) is 0.387. The second-order valence-corrected chi connectivity index (χ2v) is 9.26. The van der Waals surface area contributed by atoms with E-state index in [4.69, 9.17) is 9.84 Å². The lowest BCUT2D eigenvalue weighted by Crippen LogP contribution is -2.41. The standard InChI is InChI=1S/C24H23N3O6S/c1-24(32,10-20(28)29)13-26-21(30)19-11-25-22(34-19)27-23(31)33-12-18-16-8-4-2-6-14(16)15-7-3-5-9-17(15)18/h2-9,11,18,32H,10,12-13H2,1H3,(H,26,30)(H,28,29)(H,25,27,31). The molecule has 176 valence electrons. The molecule has 1 aliphatic carbocycles. The van der Waals surface area contributed by atoms with Crippen LogP contribution in [0.2, 0.25) is 0 Å². The summed E-state index contributed by atoms with van der Waals surface area (Å²) in [6.07, 6.45) is 0.0859. The normalized spacial score (nSPS) is 13.9. The van der Waals surface area contributed by atoms with Gasteiger partial charge < -0.3 is 20.3 Å². The van der Waals surface area contributed by atoms with Gasteiger partial charge in [0.1, 0.15) is 11.5 Å². The molecule has 0 fully saturated rings. The summed E-state index contributed by atoms with van der Waals surface area (Å²) in [6, 6.07) is 16.0. The molecule has 2 aromatic carbocycles. The monoisotopic (exact) mass is 481 g/mol. The van der Waals surface area contributed by atoms with Crippen molar-refractivity contribution in [1.29, 1.82) is 0 Å². The molecule has 4 rings (SSSR count). The van der Waals surface area contributed by atoms with Crippen molar-refractivity contribution in [2.24, 2.45) is 0 Å². The molecule has 0 spiro atoms. The third-order valence-corrected chi connectivity index (χ3v) is 6.36. The Bertz CT molecular complexity index is 1190. The molecule has 2 amide bonds. The second-order valence-electron chi connectivity index (χ2n) is 8.23. The van der Waals surface area contributed by atoms with Crippen LogP contribution in [-0.2, 0) is 9.53 Å². The van der Waals surface area contributed by atoms with Gasteiger partial charge in [-0.25, -0.2) is 9.78 Å². The molecule has 3 aromatic rings. The van der Waals surface area contributed by atoms with Crippen LogP contribution in [0.3, 0.4) is 0 Å². The molecular formula is C24H23N3O6S. The number of carbonyl (C=O) groups excluding carboxylic acids is 2. The highest BCUT2D eigenvalue weighted by Gasteiger charge is 2.29. The first kappa shape index (κ1) is 23.4. The smallest absolute Gasteiger partial charge is 0.413 e. The van der Waals surface area contributed by atoms with Gasteiger partial charge in [-0.1, -0.05) is 59.9 Å². The summed E-state index contributed by atoms with van der Waals surface area (Å²) in [4.78, 5) is 39.6. The third kappa shape index (κ3) is 5.24. The molecule has 9 nitrogen and oxygen atoms in total. The summed E-state index contributed by atoms with van der Waals surface area (Å²) in [5.74, 6) is -1.79. The molecule has 0 aliphatic heterocycles. The number of carbonyl (C=O) groups is 3. The summed E-state index contributed by atoms with van der Waals surface area (Å²) in [5.41, 5.74) is 2.87. The first-order valence-electron chi connectivity index (χ1n) is 10.5. The van der Waals surface area contributed by atoms with E-state index in [0.717, 1.165) is 33.6 Å². The Kier molecular flexibility index (Phi) is 6.62. The van der Waals surface area contributed by atoms with Gasteiger partial charge in [0.15, 0.2) is 5.13 Å². The van der Waals surface area contributed by atoms with Gasteiger partial charge in [0.2, 0.25) is 0 Å². The van der Waals surface area contributed by atoms with Crippen molar-refractivity contribution in [1.82, 2.24) is 10.3 Å². The van der Waals surface area contributed by atoms with Crippen LogP contribution in [0.15, 0.2) is 54.7 Å². The molecule has 10 heteroatoms. The minimum Gasteiger partial charge on any atom is -0.481 e.